The molecule has 0 spiro atoms. The standard InChI is InChI=1S/C16H16N2O3S/c1-20-14-9-5-6-12(10-14)17-16(22)18-15(19)11-21-13-7-3-2-4-8-13/h2-10H,11H2,1H3,(H2,17,18,19,22). The van der Waals surface area contributed by atoms with Gasteiger partial charge in [0.15, 0.2) is 11.7 Å². The average molecular weight is 316 g/mol. The molecule has 6 heteroatoms. The van der Waals surface area contributed by atoms with Gasteiger partial charge in [0.05, 0.1) is 7.11 Å². The molecule has 0 aromatic heterocycles. The molecule has 2 rings (SSSR count). The fraction of sp³-hybridized carbons (Fsp3) is 0.125. The van der Waals surface area contributed by atoms with Gasteiger partial charge in [0.1, 0.15) is 11.5 Å². The highest BCUT2D eigenvalue weighted by atomic mass is 32.1. The van der Waals surface area contributed by atoms with Crippen LogP contribution in [-0.2, 0) is 4.79 Å². The van der Waals surface area contributed by atoms with Crippen LogP contribution in [0.15, 0.2) is 54.6 Å². The van der Waals surface area contributed by atoms with Crippen LogP contribution in [0.4, 0.5) is 5.69 Å². The van der Waals surface area contributed by atoms with Gasteiger partial charge in [0.25, 0.3) is 5.91 Å². The number of nitrogens with one attached hydrogen (secondary N) is 2. The molecular formula is C16H16N2O3S. The van der Waals surface area contributed by atoms with Crippen LogP contribution >= 0.6 is 12.2 Å². The van der Waals surface area contributed by atoms with E-state index >= 15 is 0 Å². The molecule has 0 unspecified atom stereocenters. The maximum atomic E-state index is 11.8. The number of benzene rings is 2. The molecule has 0 aliphatic heterocycles. The largest absolute Gasteiger partial charge is 0.497 e. The van der Waals surface area contributed by atoms with Gasteiger partial charge in [-0.25, -0.2) is 0 Å². The molecule has 0 fully saturated rings. The second-order valence-electron chi connectivity index (χ2n) is 4.34. The Hall–Kier alpha value is -2.60. The van der Waals surface area contributed by atoms with Crippen LogP contribution in [0.25, 0.3) is 0 Å². The van der Waals surface area contributed by atoms with Crippen LogP contribution in [0.3, 0.4) is 0 Å². The lowest BCUT2D eigenvalue weighted by Gasteiger charge is -2.11. The zero-order chi connectivity index (χ0) is 15.8. The molecule has 114 valence electrons. The maximum absolute atomic E-state index is 11.8. The van der Waals surface area contributed by atoms with E-state index in [4.69, 9.17) is 21.7 Å². The highest BCUT2D eigenvalue weighted by Crippen LogP contribution is 2.16. The maximum Gasteiger partial charge on any atom is 0.264 e. The molecule has 22 heavy (non-hydrogen) atoms. The zero-order valence-electron chi connectivity index (χ0n) is 12.0. The molecule has 2 aromatic carbocycles. The number of ether oxygens (including phenoxy) is 2. The molecule has 0 radical (unpaired) electrons. The summed E-state index contributed by atoms with van der Waals surface area (Å²) in [5.74, 6) is 1.00. The Bertz CT molecular complexity index is 647. The fourth-order valence-electron chi connectivity index (χ4n) is 1.69. The first-order chi connectivity index (χ1) is 10.7. The first-order valence-corrected chi connectivity index (χ1v) is 7.01. The molecule has 1 amide bonds. The lowest BCUT2D eigenvalue weighted by atomic mass is 10.3. The highest BCUT2D eigenvalue weighted by molar-refractivity contribution is 7.80. The van der Waals surface area contributed by atoms with Crippen molar-refractivity contribution >= 4 is 28.9 Å². The number of methoxy groups -OCH3 is 1. The van der Waals surface area contributed by atoms with E-state index in [2.05, 4.69) is 10.6 Å². The van der Waals surface area contributed by atoms with Crippen LogP contribution in [0.2, 0.25) is 0 Å². The minimum absolute atomic E-state index is 0.107. The Labute approximate surface area is 134 Å². The fourth-order valence-corrected chi connectivity index (χ4v) is 1.92. The van der Waals surface area contributed by atoms with Crippen LogP contribution in [0.1, 0.15) is 0 Å². The third-order valence-electron chi connectivity index (χ3n) is 2.69. The summed E-state index contributed by atoms with van der Waals surface area (Å²) in [7, 11) is 1.58. The minimum atomic E-state index is -0.329. The molecule has 0 heterocycles. The van der Waals surface area contributed by atoms with Crippen LogP contribution in [0.5, 0.6) is 11.5 Å². The van der Waals surface area contributed by atoms with E-state index < -0.39 is 0 Å². The number of para-hydroxylation sites is 1. The summed E-state index contributed by atoms with van der Waals surface area (Å²) in [6, 6.07) is 16.3. The molecule has 2 N–H and O–H groups in total. The Morgan fingerprint density at radius 1 is 1.09 bits per heavy atom. The first-order valence-electron chi connectivity index (χ1n) is 6.60. The summed E-state index contributed by atoms with van der Waals surface area (Å²) in [4.78, 5) is 11.8. The summed E-state index contributed by atoms with van der Waals surface area (Å²) < 4.78 is 10.5. The van der Waals surface area contributed by atoms with Gasteiger partial charge in [-0.3, -0.25) is 10.1 Å². The predicted molar refractivity (Wildman–Crippen MR) is 89.3 cm³/mol. The quantitative estimate of drug-likeness (QED) is 0.830. The van der Waals surface area contributed by atoms with Crippen molar-refractivity contribution < 1.29 is 14.3 Å². The number of hydrogen-bond donors (Lipinski definition) is 2. The van der Waals surface area contributed by atoms with Crippen molar-refractivity contribution in [2.45, 2.75) is 0 Å². The Morgan fingerprint density at radius 2 is 1.82 bits per heavy atom. The van der Waals surface area contributed by atoms with Crippen molar-refractivity contribution in [1.82, 2.24) is 5.32 Å². The number of rotatable bonds is 5. The van der Waals surface area contributed by atoms with Gasteiger partial charge >= 0.3 is 0 Å². The third kappa shape index (κ3) is 5.06. The molecule has 5 nitrogen and oxygen atoms in total. The number of carbonyl (C=O) groups excluding carboxylic acids is 1. The zero-order valence-corrected chi connectivity index (χ0v) is 12.9. The van der Waals surface area contributed by atoms with Crippen molar-refractivity contribution in [2.24, 2.45) is 0 Å². The van der Waals surface area contributed by atoms with Gasteiger partial charge in [-0.1, -0.05) is 24.3 Å². The van der Waals surface area contributed by atoms with Gasteiger partial charge in [-0.2, -0.15) is 0 Å². The van der Waals surface area contributed by atoms with Gasteiger partial charge < -0.3 is 14.8 Å². The average Bonchev–Trinajstić information content (AvgIpc) is 2.54. The summed E-state index contributed by atoms with van der Waals surface area (Å²) >= 11 is 5.08. The summed E-state index contributed by atoms with van der Waals surface area (Å²) in [5.41, 5.74) is 0.730. The van der Waals surface area contributed by atoms with Crippen molar-refractivity contribution in [3.05, 3.63) is 54.6 Å². The van der Waals surface area contributed by atoms with E-state index in [1.807, 2.05) is 36.4 Å². The molecule has 0 aliphatic carbocycles. The summed E-state index contributed by atoms with van der Waals surface area (Å²) in [6.07, 6.45) is 0. The number of amides is 1. The Balaban J connectivity index is 1.79. The number of carbonyl (C=O) groups is 1. The lowest BCUT2D eigenvalue weighted by Crippen LogP contribution is -2.37. The van der Waals surface area contributed by atoms with Crippen molar-refractivity contribution in [3.63, 3.8) is 0 Å². The van der Waals surface area contributed by atoms with Crippen LogP contribution < -0.4 is 20.1 Å². The highest BCUT2D eigenvalue weighted by Gasteiger charge is 2.06. The Morgan fingerprint density at radius 3 is 2.55 bits per heavy atom. The van der Waals surface area contributed by atoms with E-state index in [1.165, 1.54) is 0 Å². The molecule has 0 saturated heterocycles. The van der Waals surface area contributed by atoms with Gasteiger partial charge in [-0.05, 0) is 36.5 Å². The van der Waals surface area contributed by atoms with E-state index in [0.29, 0.717) is 11.5 Å². The van der Waals surface area contributed by atoms with Crippen molar-refractivity contribution in [2.75, 3.05) is 19.0 Å². The SMILES string of the molecule is COc1cccc(NC(=S)NC(=O)COc2ccccc2)c1. The second-order valence-corrected chi connectivity index (χ2v) is 4.74. The topological polar surface area (TPSA) is 59.6 Å². The minimum Gasteiger partial charge on any atom is -0.497 e. The smallest absolute Gasteiger partial charge is 0.264 e. The van der Waals surface area contributed by atoms with E-state index in [-0.39, 0.29) is 17.6 Å². The number of hydrogen-bond acceptors (Lipinski definition) is 4. The molecule has 0 bridgehead atoms. The van der Waals surface area contributed by atoms with Crippen molar-refractivity contribution in [3.8, 4) is 11.5 Å². The normalized spacial score (nSPS) is 9.68. The van der Waals surface area contributed by atoms with E-state index in [0.717, 1.165) is 5.69 Å². The molecule has 2 aromatic rings. The first kappa shape index (κ1) is 15.8. The third-order valence-corrected chi connectivity index (χ3v) is 2.90. The van der Waals surface area contributed by atoms with Gasteiger partial charge in [0.2, 0.25) is 0 Å². The predicted octanol–water partition coefficient (Wildman–Crippen LogP) is 2.59. The van der Waals surface area contributed by atoms with Gasteiger partial charge in [-0.15, -0.1) is 0 Å². The monoisotopic (exact) mass is 316 g/mol. The summed E-state index contributed by atoms with van der Waals surface area (Å²) in [6.45, 7) is -0.107. The summed E-state index contributed by atoms with van der Waals surface area (Å²) in [5, 5.41) is 5.66. The van der Waals surface area contributed by atoms with Crippen molar-refractivity contribution in [1.29, 1.82) is 0 Å². The second kappa shape index (κ2) is 7.99. The van der Waals surface area contributed by atoms with Gasteiger partial charge in [0, 0.05) is 11.8 Å². The number of thiocarbonyl (C=S) groups is 1. The van der Waals surface area contributed by atoms with Crippen LogP contribution in [-0.4, -0.2) is 24.7 Å². The molecular weight excluding hydrogens is 300 g/mol. The molecule has 0 atom stereocenters. The molecule has 0 saturated carbocycles. The van der Waals surface area contributed by atoms with E-state index in [1.54, 1.807) is 25.3 Å². The van der Waals surface area contributed by atoms with Crippen LogP contribution in [0, 0.1) is 0 Å². The molecule has 0 aliphatic rings. The van der Waals surface area contributed by atoms with E-state index in [9.17, 15) is 4.79 Å². The number of anilines is 1. The Kier molecular flexibility index (Phi) is 5.73. The lowest BCUT2D eigenvalue weighted by molar-refractivity contribution is -0.121.